The van der Waals surface area contributed by atoms with Gasteiger partial charge in [-0.25, -0.2) is 4.58 Å². The van der Waals surface area contributed by atoms with Crippen molar-refractivity contribution in [1.29, 1.82) is 0 Å². The zero-order valence-corrected chi connectivity index (χ0v) is 35.5. The highest BCUT2D eigenvalue weighted by molar-refractivity contribution is 7.86. The number of allylic oxidation sites excluding steroid dienone is 5. The average molecular weight is 833 g/mol. The van der Waals surface area contributed by atoms with E-state index in [1.807, 2.05) is 57.2 Å². The number of hydrogen-bond acceptors (Lipinski definition) is 7. The van der Waals surface area contributed by atoms with Gasteiger partial charge in [0.1, 0.15) is 12.3 Å². The van der Waals surface area contributed by atoms with Gasteiger partial charge in [-0.05, 0) is 152 Å². The van der Waals surface area contributed by atoms with Crippen molar-refractivity contribution < 1.29 is 35.3 Å². The highest BCUT2D eigenvalue weighted by atomic mass is 32.2. The van der Waals surface area contributed by atoms with Crippen LogP contribution in [0, 0.1) is 6.92 Å². The van der Waals surface area contributed by atoms with Crippen molar-refractivity contribution >= 4 is 48.6 Å². The van der Waals surface area contributed by atoms with Crippen LogP contribution in [0.3, 0.4) is 0 Å². The molecule has 0 heterocycles. The normalized spacial score (nSPS) is 14.7. The molecule has 0 aromatic heterocycles. The Morgan fingerprint density at radius 3 is 1.90 bits per heavy atom. The first-order valence-corrected chi connectivity index (χ1v) is 22.4. The second-order valence-corrected chi connectivity index (χ2v) is 17.1. The third-order valence-corrected chi connectivity index (χ3v) is 11.9. The van der Waals surface area contributed by atoms with Crippen LogP contribution < -0.4 is 15.0 Å². The summed E-state index contributed by atoms with van der Waals surface area (Å²) in [6.07, 6.45) is 6.37. The number of hydrogen-bond donors (Lipinski definition) is 3. The lowest BCUT2D eigenvalue weighted by Gasteiger charge is -2.25. The van der Waals surface area contributed by atoms with Gasteiger partial charge in [0.15, 0.2) is 12.3 Å². The summed E-state index contributed by atoms with van der Waals surface area (Å²) >= 11 is 0. The number of nitrogens with one attached hydrogen (secondary N) is 1. The zero-order valence-electron chi connectivity index (χ0n) is 33.9. The third kappa shape index (κ3) is 10.6. The van der Waals surface area contributed by atoms with Crippen LogP contribution in [0.25, 0.3) is 5.57 Å². The Balaban J connectivity index is 1.38. The molecule has 0 fully saturated rings. The van der Waals surface area contributed by atoms with E-state index in [4.69, 9.17) is 4.74 Å². The maximum Gasteiger partial charge on any atom is 0.294 e. The smallest absolute Gasteiger partial charge is 0.294 e. The van der Waals surface area contributed by atoms with Gasteiger partial charge < -0.3 is 15.0 Å². The molecule has 0 amide bonds. The molecular weight excluding hydrogens is 783 g/mol. The molecule has 0 saturated heterocycles. The van der Waals surface area contributed by atoms with Crippen LogP contribution in [0.5, 0.6) is 5.75 Å². The lowest BCUT2D eigenvalue weighted by molar-refractivity contribution is -0.539. The molecule has 3 N–H and O–H groups in total. The highest BCUT2D eigenvalue weighted by Crippen LogP contribution is 2.37. The van der Waals surface area contributed by atoms with Gasteiger partial charge in [-0.3, -0.25) is 9.11 Å². The van der Waals surface area contributed by atoms with E-state index in [-0.39, 0.29) is 9.79 Å². The van der Waals surface area contributed by atoms with Crippen molar-refractivity contribution in [3.63, 3.8) is 0 Å². The Morgan fingerprint density at radius 1 is 0.729 bits per heavy atom. The van der Waals surface area contributed by atoms with Crippen molar-refractivity contribution in [3.8, 4) is 5.75 Å². The number of benzene rings is 5. The van der Waals surface area contributed by atoms with Crippen molar-refractivity contribution in [2.45, 2.75) is 57.5 Å². The first kappa shape index (κ1) is 42.8. The molecule has 0 unspecified atom stereocenters. The second kappa shape index (κ2) is 18.4. The van der Waals surface area contributed by atoms with E-state index in [1.165, 1.54) is 24.3 Å². The fraction of sp³-hybridized carbons (Fsp3) is 0.213. The molecule has 0 aliphatic heterocycles. The topological polar surface area (TPSA) is 136 Å². The molecule has 12 heteroatoms. The molecule has 6 rings (SSSR count). The predicted octanol–water partition coefficient (Wildman–Crippen LogP) is 9.65. The molecule has 1 aliphatic rings. The van der Waals surface area contributed by atoms with E-state index in [0.29, 0.717) is 32.8 Å². The van der Waals surface area contributed by atoms with Crippen LogP contribution in [0.4, 0.5) is 17.1 Å². The number of nitrogens with zero attached hydrogens (tertiary/aromatic N) is 2. The molecule has 0 spiro atoms. The largest absolute Gasteiger partial charge is 0.494 e. The van der Waals surface area contributed by atoms with Crippen LogP contribution in [0.15, 0.2) is 154 Å². The van der Waals surface area contributed by atoms with E-state index < -0.39 is 20.2 Å². The number of rotatable bonds is 15. The van der Waals surface area contributed by atoms with Crippen LogP contribution in [-0.4, -0.2) is 55.9 Å². The predicted molar refractivity (Wildman–Crippen MR) is 236 cm³/mol. The molecule has 0 atom stereocenters. The monoisotopic (exact) mass is 832 g/mol. The van der Waals surface area contributed by atoms with E-state index in [1.54, 1.807) is 12.1 Å². The van der Waals surface area contributed by atoms with Crippen LogP contribution >= 0.6 is 0 Å². The summed E-state index contributed by atoms with van der Waals surface area (Å²) in [6, 6.07) is 35.3. The van der Waals surface area contributed by atoms with Crippen molar-refractivity contribution in [2.75, 3.05) is 29.9 Å². The molecule has 0 radical (unpaired) electrons. The van der Waals surface area contributed by atoms with Gasteiger partial charge in [-0.15, -0.1) is 0 Å². The maximum absolute atomic E-state index is 11.8. The Labute approximate surface area is 348 Å². The molecule has 5 aromatic rings. The Kier molecular flexibility index (Phi) is 13.4. The highest BCUT2D eigenvalue weighted by Gasteiger charge is 2.22. The van der Waals surface area contributed by atoms with E-state index in [0.717, 1.165) is 73.1 Å². The first-order chi connectivity index (χ1) is 28.2. The summed E-state index contributed by atoms with van der Waals surface area (Å²) in [5, 5.41) is 3.49. The fourth-order valence-corrected chi connectivity index (χ4v) is 8.32. The Hall–Kier alpha value is -5.79. The minimum absolute atomic E-state index is 0.132. The van der Waals surface area contributed by atoms with Crippen LogP contribution in [0.1, 0.15) is 55.5 Å². The summed E-state index contributed by atoms with van der Waals surface area (Å²) in [4.78, 5) is 1.89. The molecule has 306 valence electrons. The molecule has 10 nitrogen and oxygen atoms in total. The van der Waals surface area contributed by atoms with Gasteiger partial charge in [-0.1, -0.05) is 42.5 Å². The number of ether oxygens (including phenoxy) is 1. The zero-order chi connectivity index (χ0) is 42.3. The molecular formula is C47H50N3O7S2+. The second-order valence-electron chi connectivity index (χ2n) is 14.3. The van der Waals surface area contributed by atoms with Crippen molar-refractivity contribution in [3.05, 3.63) is 172 Å². The lowest BCUT2D eigenvalue weighted by atomic mass is 9.85. The quantitative estimate of drug-likeness (QED) is 0.0696. The minimum Gasteiger partial charge on any atom is -0.494 e. The molecule has 1 aliphatic carbocycles. The SMILES string of the molecule is CCOc1ccc(Nc2ccc(/C(=C3\C=CC(=[N+](CC)Cc4cccc(S(=O)(=O)O)c4)C=C3C)c3ccc(N(CC)Cc4cccc(S(=O)(=O)O)c4)cc3C)cc2)cc1. The number of aryl methyl sites for hydroxylation is 1. The average Bonchev–Trinajstić information content (AvgIpc) is 3.21. The van der Waals surface area contributed by atoms with E-state index in [9.17, 15) is 25.9 Å². The Bertz CT molecular complexity index is 2680. The van der Waals surface area contributed by atoms with E-state index in [2.05, 4.69) is 89.3 Å². The van der Waals surface area contributed by atoms with Gasteiger partial charge in [0, 0.05) is 47.9 Å². The van der Waals surface area contributed by atoms with Crippen LogP contribution in [-0.2, 0) is 33.3 Å². The summed E-state index contributed by atoms with van der Waals surface area (Å²) in [5.41, 5.74) is 11.6. The standard InChI is InChI=1S/C47H49N3O7S2/c1-6-49(31-35-11-9-13-43(29-35)58(51,52)53)40-21-25-45(33(4)27-40)47(37-15-17-38(18-16-37)48-39-19-23-42(24-20-39)57-8-3)46-26-22-41(28-34(46)5)50(7-2)32-36-12-10-14-44(30-36)59(54,55)56/h9-30H,6-8,31-32H2,1-5H3,(H2,51,52,53,54,55,56)/p+1. The van der Waals surface area contributed by atoms with Gasteiger partial charge in [0.05, 0.1) is 16.4 Å². The molecule has 0 bridgehead atoms. The maximum atomic E-state index is 11.8. The van der Waals surface area contributed by atoms with Crippen molar-refractivity contribution in [1.82, 2.24) is 0 Å². The van der Waals surface area contributed by atoms with Crippen LogP contribution in [0.2, 0.25) is 0 Å². The van der Waals surface area contributed by atoms with Gasteiger partial charge in [0.25, 0.3) is 20.2 Å². The van der Waals surface area contributed by atoms with E-state index >= 15 is 0 Å². The summed E-state index contributed by atoms with van der Waals surface area (Å²) < 4.78 is 74.3. The minimum atomic E-state index is -4.32. The molecule has 5 aromatic carbocycles. The summed E-state index contributed by atoms with van der Waals surface area (Å²) in [6.45, 7) is 13.1. The fourth-order valence-electron chi connectivity index (χ4n) is 7.21. The lowest BCUT2D eigenvalue weighted by Crippen LogP contribution is -2.22. The van der Waals surface area contributed by atoms with Gasteiger partial charge in [-0.2, -0.15) is 16.8 Å². The molecule has 59 heavy (non-hydrogen) atoms. The third-order valence-electron chi connectivity index (χ3n) is 10.2. The number of anilines is 3. The van der Waals surface area contributed by atoms with Crippen molar-refractivity contribution in [2.24, 2.45) is 0 Å². The first-order valence-electron chi connectivity index (χ1n) is 19.5. The van der Waals surface area contributed by atoms with Gasteiger partial charge in [0.2, 0.25) is 0 Å². The summed E-state index contributed by atoms with van der Waals surface area (Å²) in [7, 11) is -8.65. The molecule has 0 saturated carbocycles. The van der Waals surface area contributed by atoms with Gasteiger partial charge >= 0.3 is 0 Å². The summed E-state index contributed by atoms with van der Waals surface area (Å²) in [5.74, 6) is 0.817. The Morgan fingerprint density at radius 2 is 1.34 bits per heavy atom.